The number of ether oxygens (including phenoxy) is 1. The van der Waals surface area contributed by atoms with Crippen LogP contribution in [0.3, 0.4) is 0 Å². The van der Waals surface area contributed by atoms with Crippen LogP contribution in [0.2, 0.25) is 0 Å². The molecule has 2 amide bonds. The van der Waals surface area contributed by atoms with Crippen molar-refractivity contribution in [2.24, 2.45) is 11.8 Å². The van der Waals surface area contributed by atoms with E-state index in [1.54, 1.807) is 24.3 Å². The first-order valence-electron chi connectivity index (χ1n) is 9.37. The largest absolute Gasteiger partial charge is 0.455 e. The molecule has 1 aliphatic rings. The SMILES string of the molecule is C[C@H](NC(=O)c1ccccc1NC(=O)COC(=O)[C@@H]1C[C@H]1C)c1ccccc1. The van der Waals surface area contributed by atoms with E-state index < -0.39 is 5.91 Å². The van der Waals surface area contributed by atoms with Crippen molar-refractivity contribution in [3.8, 4) is 0 Å². The van der Waals surface area contributed by atoms with E-state index in [1.165, 1.54) is 0 Å². The first-order valence-corrected chi connectivity index (χ1v) is 9.37. The highest BCUT2D eigenvalue weighted by atomic mass is 16.5. The maximum Gasteiger partial charge on any atom is 0.309 e. The molecule has 0 saturated heterocycles. The lowest BCUT2D eigenvalue weighted by molar-refractivity contribution is -0.148. The molecule has 6 nitrogen and oxygen atoms in total. The molecule has 2 aromatic rings. The molecule has 28 heavy (non-hydrogen) atoms. The molecule has 3 rings (SSSR count). The summed E-state index contributed by atoms with van der Waals surface area (Å²) in [5.74, 6) is -0.878. The average molecular weight is 380 g/mol. The van der Waals surface area contributed by atoms with E-state index in [4.69, 9.17) is 4.74 Å². The second-order valence-corrected chi connectivity index (χ2v) is 7.13. The number of para-hydroxylation sites is 1. The van der Waals surface area contributed by atoms with Crippen LogP contribution in [0.15, 0.2) is 54.6 Å². The molecular formula is C22H24N2O4. The van der Waals surface area contributed by atoms with E-state index in [2.05, 4.69) is 10.6 Å². The van der Waals surface area contributed by atoms with Crippen LogP contribution in [0.4, 0.5) is 5.69 Å². The molecule has 146 valence electrons. The van der Waals surface area contributed by atoms with Crippen molar-refractivity contribution in [2.45, 2.75) is 26.3 Å². The van der Waals surface area contributed by atoms with Gasteiger partial charge in [-0.15, -0.1) is 0 Å². The lowest BCUT2D eigenvalue weighted by Crippen LogP contribution is -2.28. The highest BCUT2D eigenvalue weighted by Gasteiger charge is 2.40. The molecule has 1 saturated carbocycles. The molecule has 0 spiro atoms. The zero-order valence-corrected chi connectivity index (χ0v) is 16.0. The Kier molecular flexibility index (Phi) is 6.09. The minimum atomic E-state index is -0.474. The zero-order chi connectivity index (χ0) is 20.1. The predicted octanol–water partition coefficient (Wildman–Crippen LogP) is 3.32. The van der Waals surface area contributed by atoms with Gasteiger partial charge in [0, 0.05) is 0 Å². The van der Waals surface area contributed by atoms with Crippen LogP contribution in [0.25, 0.3) is 0 Å². The summed E-state index contributed by atoms with van der Waals surface area (Å²) in [6.45, 7) is 3.50. The lowest BCUT2D eigenvalue weighted by Gasteiger charge is -2.16. The van der Waals surface area contributed by atoms with Crippen molar-refractivity contribution in [2.75, 3.05) is 11.9 Å². The van der Waals surface area contributed by atoms with Crippen molar-refractivity contribution >= 4 is 23.5 Å². The summed E-state index contributed by atoms with van der Waals surface area (Å²) in [5.41, 5.74) is 1.71. The smallest absolute Gasteiger partial charge is 0.309 e. The Morgan fingerprint density at radius 1 is 1.07 bits per heavy atom. The summed E-state index contributed by atoms with van der Waals surface area (Å²) in [7, 11) is 0. The van der Waals surface area contributed by atoms with E-state index in [9.17, 15) is 14.4 Å². The topological polar surface area (TPSA) is 84.5 Å². The molecule has 0 radical (unpaired) electrons. The monoisotopic (exact) mass is 380 g/mol. The van der Waals surface area contributed by atoms with Crippen molar-refractivity contribution in [1.82, 2.24) is 5.32 Å². The van der Waals surface area contributed by atoms with Crippen LogP contribution in [0.5, 0.6) is 0 Å². The van der Waals surface area contributed by atoms with Crippen LogP contribution >= 0.6 is 0 Å². The van der Waals surface area contributed by atoms with Crippen molar-refractivity contribution in [3.63, 3.8) is 0 Å². The van der Waals surface area contributed by atoms with Gasteiger partial charge in [0.1, 0.15) is 0 Å². The Morgan fingerprint density at radius 3 is 2.39 bits per heavy atom. The zero-order valence-electron chi connectivity index (χ0n) is 16.0. The minimum absolute atomic E-state index is 0.0923. The number of anilines is 1. The molecule has 0 aromatic heterocycles. The van der Waals surface area contributed by atoms with Crippen molar-refractivity contribution < 1.29 is 19.1 Å². The average Bonchev–Trinajstić information content (AvgIpc) is 3.44. The van der Waals surface area contributed by atoms with E-state index in [-0.39, 0.29) is 30.4 Å². The molecule has 1 aliphatic carbocycles. The Morgan fingerprint density at radius 2 is 1.71 bits per heavy atom. The predicted molar refractivity (Wildman–Crippen MR) is 106 cm³/mol. The third-order valence-electron chi connectivity index (χ3n) is 4.85. The first kappa shape index (κ1) is 19.6. The Bertz CT molecular complexity index is 866. The molecule has 3 atom stereocenters. The van der Waals surface area contributed by atoms with Crippen LogP contribution in [-0.4, -0.2) is 24.4 Å². The van der Waals surface area contributed by atoms with Gasteiger partial charge in [0.25, 0.3) is 11.8 Å². The van der Waals surface area contributed by atoms with Gasteiger partial charge in [-0.1, -0.05) is 49.4 Å². The molecular weight excluding hydrogens is 356 g/mol. The number of esters is 1. The molecule has 1 fully saturated rings. The number of nitrogens with one attached hydrogen (secondary N) is 2. The second-order valence-electron chi connectivity index (χ2n) is 7.13. The standard InChI is InChI=1S/C22H24N2O4/c1-14-12-18(14)22(27)28-13-20(25)24-19-11-7-6-10-17(19)21(26)23-15(2)16-8-4-3-5-9-16/h3-11,14-15,18H,12-13H2,1-2H3,(H,23,26)(H,24,25)/t14-,15+,18-/m1/s1. The third kappa shape index (κ3) is 4.97. The van der Waals surface area contributed by atoms with Crippen LogP contribution in [0.1, 0.15) is 42.2 Å². The summed E-state index contributed by atoms with van der Waals surface area (Å²) in [4.78, 5) is 36.6. The molecule has 0 unspecified atom stereocenters. The number of amides is 2. The van der Waals surface area contributed by atoms with Gasteiger partial charge in [-0.3, -0.25) is 14.4 Å². The molecule has 0 aliphatic heterocycles. The maximum atomic E-state index is 12.7. The van der Waals surface area contributed by atoms with Crippen LogP contribution in [-0.2, 0) is 14.3 Å². The van der Waals surface area contributed by atoms with Gasteiger partial charge < -0.3 is 15.4 Å². The summed E-state index contributed by atoms with van der Waals surface area (Å²) >= 11 is 0. The maximum absolute atomic E-state index is 12.7. The molecule has 6 heteroatoms. The van der Waals surface area contributed by atoms with Crippen LogP contribution < -0.4 is 10.6 Å². The first-order chi connectivity index (χ1) is 13.5. The third-order valence-corrected chi connectivity index (χ3v) is 4.85. The number of hydrogen-bond donors (Lipinski definition) is 2. The Hall–Kier alpha value is -3.15. The van der Waals surface area contributed by atoms with E-state index in [1.807, 2.05) is 44.2 Å². The van der Waals surface area contributed by atoms with Gasteiger partial charge >= 0.3 is 5.97 Å². The summed E-state index contributed by atoms with van der Waals surface area (Å²) < 4.78 is 5.04. The minimum Gasteiger partial charge on any atom is -0.455 e. The highest BCUT2D eigenvalue weighted by Crippen LogP contribution is 2.38. The summed E-state index contributed by atoms with van der Waals surface area (Å²) in [6, 6.07) is 16.2. The normalized spacial score (nSPS) is 18.6. The van der Waals surface area contributed by atoms with E-state index in [0.717, 1.165) is 12.0 Å². The van der Waals surface area contributed by atoms with Gasteiger partial charge in [0.2, 0.25) is 0 Å². The van der Waals surface area contributed by atoms with E-state index in [0.29, 0.717) is 17.2 Å². The molecule has 0 heterocycles. The van der Waals surface area contributed by atoms with Crippen molar-refractivity contribution in [3.05, 3.63) is 65.7 Å². The summed E-state index contributed by atoms with van der Waals surface area (Å²) in [5, 5.41) is 5.58. The number of rotatable bonds is 7. The number of benzene rings is 2. The fourth-order valence-electron chi connectivity index (χ4n) is 2.97. The van der Waals surface area contributed by atoms with Gasteiger partial charge in [0.15, 0.2) is 6.61 Å². The lowest BCUT2D eigenvalue weighted by atomic mass is 10.1. The van der Waals surface area contributed by atoms with Gasteiger partial charge in [-0.2, -0.15) is 0 Å². The van der Waals surface area contributed by atoms with E-state index >= 15 is 0 Å². The highest BCUT2D eigenvalue weighted by molar-refractivity contribution is 6.04. The second kappa shape index (κ2) is 8.69. The number of hydrogen-bond acceptors (Lipinski definition) is 4. The van der Waals surface area contributed by atoms with Crippen LogP contribution in [0, 0.1) is 11.8 Å². The number of carbonyl (C=O) groups is 3. The number of carbonyl (C=O) groups excluding carboxylic acids is 3. The summed E-state index contributed by atoms with van der Waals surface area (Å²) in [6.07, 6.45) is 0.809. The molecule has 0 bridgehead atoms. The Labute approximate surface area is 164 Å². The fourth-order valence-corrected chi connectivity index (χ4v) is 2.97. The van der Waals surface area contributed by atoms with Crippen molar-refractivity contribution in [1.29, 1.82) is 0 Å². The van der Waals surface area contributed by atoms with Gasteiger partial charge in [-0.25, -0.2) is 0 Å². The van der Waals surface area contributed by atoms with Gasteiger partial charge in [0.05, 0.1) is 23.2 Å². The molecule has 2 aromatic carbocycles. The fraction of sp³-hybridized carbons (Fsp3) is 0.318. The quantitative estimate of drug-likeness (QED) is 0.722. The van der Waals surface area contributed by atoms with Gasteiger partial charge in [-0.05, 0) is 37.0 Å². The Balaban J connectivity index is 1.59. The molecule has 2 N–H and O–H groups in total.